The lowest BCUT2D eigenvalue weighted by Gasteiger charge is -2.15. The van der Waals surface area contributed by atoms with Crippen LogP contribution in [0.15, 0.2) is 18.2 Å². The molecule has 6 heteroatoms. The molecule has 5 nitrogen and oxygen atoms in total. The summed E-state index contributed by atoms with van der Waals surface area (Å²) in [4.78, 5) is 17.4. The second-order valence-corrected chi connectivity index (χ2v) is 4.59. The number of phosphoric ester groups is 1. The van der Waals surface area contributed by atoms with Crippen LogP contribution < -0.4 is 4.52 Å². The number of phenols is 1. The average molecular weight is 232 g/mol. The van der Waals surface area contributed by atoms with Crippen LogP contribution in [-0.2, 0) is 4.57 Å². The molecule has 0 saturated carbocycles. The van der Waals surface area contributed by atoms with Crippen LogP contribution >= 0.6 is 7.82 Å². The van der Waals surface area contributed by atoms with Gasteiger partial charge < -0.3 is 9.63 Å². The molecule has 0 fully saturated rings. The van der Waals surface area contributed by atoms with Crippen molar-refractivity contribution in [3.8, 4) is 11.5 Å². The molecule has 0 heterocycles. The highest BCUT2D eigenvalue weighted by atomic mass is 31.2. The predicted octanol–water partition coefficient (Wildman–Crippen LogP) is 1.99. The first kappa shape index (κ1) is 12.0. The fourth-order valence-electron chi connectivity index (χ4n) is 1.32. The maximum absolute atomic E-state index is 10.7. The Morgan fingerprint density at radius 1 is 1.33 bits per heavy atom. The number of hydrogen-bond acceptors (Lipinski definition) is 3. The van der Waals surface area contributed by atoms with E-state index < -0.39 is 7.82 Å². The van der Waals surface area contributed by atoms with Crippen LogP contribution in [0.2, 0.25) is 0 Å². The lowest BCUT2D eigenvalue weighted by Crippen LogP contribution is -1.97. The van der Waals surface area contributed by atoms with Gasteiger partial charge in [-0.05, 0) is 18.1 Å². The normalized spacial score (nSPS) is 11.8. The maximum atomic E-state index is 10.7. The van der Waals surface area contributed by atoms with Gasteiger partial charge in [0.15, 0.2) is 0 Å². The van der Waals surface area contributed by atoms with E-state index in [0.29, 0.717) is 5.56 Å². The number of rotatable bonds is 3. The Morgan fingerprint density at radius 3 is 2.40 bits per heavy atom. The molecule has 1 aromatic rings. The van der Waals surface area contributed by atoms with Crippen LogP contribution in [0.1, 0.15) is 25.3 Å². The lowest BCUT2D eigenvalue weighted by molar-refractivity contribution is 0.281. The van der Waals surface area contributed by atoms with Crippen molar-refractivity contribution < 1.29 is 24.0 Å². The van der Waals surface area contributed by atoms with Crippen LogP contribution in [0, 0.1) is 0 Å². The monoisotopic (exact) mass is 232 g/mol. The van der Waals surface area contributed by atoms with Crippen LogP contribution in [-0.4, -0.2) is 14.9 Å². The van der Waals surface area contributed by atoms with E-state index in [2.05, 4.69) is 4.52 Å². The zero-order valence-corrected chi connectivity index (χ0v) is 9.31. The van der Waals surface area contributed by atoms with Gasteiger partial charge in [0.1, 0.15) is 11.5 Å². The highest BCUT2D eigenvalue weighted by Crippen LogP contribution is 2.43. The summed E-state index contributed by atoms with van der Waals surface area (Å²) in [7, 11) is -4.59. The molecule has 0 atom stereocenters. The van der Waals surface area contributed by atoms with Crippen molar-refractivity contribution in [2.75, 3.05) is 0 Å². The van der Waals surface area contributed by atoms with Crippen LogP contribution in [0.3, 0.4) is 0 Å². The van der Waals surface area contributed by atoms with Gasteiger partial charge in [0.2, 0.25) is 0 Å². The molecule has 0 spiro atoms. The summed E-state index contributed by atoms with van der Waals surface area (Å²) in [6, 6.07) is 4.32. The van der Waals surface area contributed by atoms with E-state index in [1.54, 1.807) is 13.8 Å². The Hall–Kier alpha value is -1.03. The lowest BCUT2D eigenvalue weighted by atomic mass is 10.0. The van der Waals surface area contributed by atoms with Crippen molar-refractivity contribution in [1.29, 1.82) is 0 Å². The van der Waals surface area contributed by atoms with Gasteiger partial charge in [-0.3, -0.25) is 9.79 Å². The van der Waals surface area contributed by atoms with Gasteiger partial charge in [-0.1, -0.05) is 19.9 Å². The van der Waals surface area contributed by atoms with E-state index in [1.807, 2.05) is 0 Å². The molecule has 0 aliphatic carbocycles. The fourth-order valence-corrected chi connectivity index (χ4v) is 1.74. The van der Waals surface area contributed by atoms with Gasteiger partial charge in [-0.2, -0.15) is 0 Å². The molecule has 1 rings (SSSR count). The molecule has 0 unspecified atom stereocenters. The summed E-state index contributed by atoms with van der Waals surface area (Å²) in [5, 5.41) is 9.53. The second kappa shape index (κ2) is 4.23. The third-order valence-corrected chi connectivity index (χ3v) is 2.27. The first-order valence-corrected chi connectivity index (χ1v) is 5.91. The molecular formula is C9H13O5P. The first-order chi connectivity index (χ1) is 6.81. The van der Waals surface area contributed by atoms with E-state index in [1.165, 1.54) is 18.2 Å². The van der Waals surface area contributed by atoms with Gasteiger partial charge in [0, 0.05) is 5.56 Å². The van der Waals surface area contributed by atoms with Crippen molar-refractivity contribution in [2.24, 2.45) is 0 Å². The Bertz CT molecular complexity index is 395. The van der Waals surface area contributed by atoms with Crippen molar-refractivity contribution in [1.82, 2.24) is 0 Å². The van der Waals surface area contributed by atoms with E-state index in [0.717, 1.165) is 0 Å². The summed E-state index contributed by atoms with van der Waals surface area (Å²) < 4.78 is 15.2. The van der Waals surface area contributed by atoms with E-state index in [9.17, 15) is 9.67 Å². The number of benzene rings is 1. The van der Waals surface area contributed by atoms with Crippen molar-refractivity contribution >= 4 is 7.82 Å². The third-order valence-electron chi connectivity index (χ3n) is 1.84. The Morgan fingerprint density at radius 2 is 1.93 bits per heavy atom. The summed E-state index contributed by atoms with van der Waals surface area (Å²) in [6.45, 7) is 3.59. The van der Waals surface area contributed by atoms with Crippen LogP contribution in [0.4, 0.5) is 0 Å². The molecule has 3 N–H and O–H groups in total. The number of hydrogen-bond donors (Lipinski definition) is 3. The standard InChI is InChI=1S/C9H13O5P/c1-6(2)9-7(10)4-3-5-8(9)14-15(11,12)13/h3-6,10H,1-2H3,(H2,11,12,13). The molecule has 0 saturated heterocycles. The highest BCUT2D eigenvalue weighted by Gasteiger charge is 2.21. The summed E-state index contributed by atoms with van der Waals surface area (Å²) >= 11 is 0. The number of phenolic OH excluding ortho intramolecular Hbond substituents is 1. The molecule has 15 heavy (non-hydrogen) atoms. The quantitative estimate of drug-likeness (QED) is 0.693. The van der Waals surface area contributed by atoms with Crippen LogP contribution in [0.25, 0.3) is 0 Å². The van der Waals surface area contributed by atoms with E-state index in [4.69, 9.17) is 9.79 Å². The molecule has 0 aliphatic heterocycles. The molecule has 0 bridgehead atoms. The second-order valence-electron chi connectivity index (χ2n) is 3.43. The minimum atomic E-state index is -4.59. The molecule has 84 valence electrons. The summed E-state index contributed by atoms with van der Waals surface area (Å²) in [5.74, 6) is -0.109. The Labute approximate surface area is 87.6 Å². The van der Waals surface area contributed by atoms with Gasteiger partial charge in [-0.25, -0.2) is 4.57 Å². The fraction of sp³-hybridized carbons (Fsp3) is 0.333. The first-order valence-electron chi connectivity index (χ1n) is 4.38. The zero-order valence-electron chi connectivity index (χ0n) is 8.41. The zero-order chi connectivity index (χ0) is 11.6. The smallest absolute Gasteiger partial charge is 0.508 e. The average Bonchev–Trinajstić information content (AvgIpc) is 1.99. The topological polar surface area (TPSA) is 87.0 Å². The third kappa shape index (κ3) is 3.23. The Kier molecular flexibility index (Phi) is 3.39. The minimum Gasteiger partial charge on any atom is -0.508 e. The van der Waals surface area contributed by atoms with Gasteiger partial charge >= 0.3 is 7.82 Å². The summed E-state index contributed by atoms with van der Waals surface area (Å²) in [6.07, 6.45) is 0. The largest absolute Gasteiger partial charge is 0.524 e. The molecule has 0 aliphatic rings. The maximum Gasteiger partial charge on any atom is 0.524 e. The molecule has 1 aromatic carbocycles. The number of aromatic hydroxyl groups is 1. The highest BCUT2D eigenvalue weighted by molar-refractivity contribution is 7.46. The molecular weight excluding hydrogens is 219 g/mol. The van der Waals surface area contributed by atoms with Crippen molar-refractivity contribution in [3.05, 3.63) is 23.8 Å². The molecule has 0 radical (unpaired) electrons. The van der Waals surface area contributed by atoms with E-state index in [-0.39, 0.29) is 17.4 Å². The van der Waals surface area contributed by atoms with Crippen molar-refractivity contribution in [2.45, 2.75) is 19.8 Å². The molecule has 0 amide bonds. The van der Waals surface area contributed by atoms with Gasteiger partial charge in [0.25, 0.3) is 0 Å². The van der Waals surface area contributed by atoms with E-state index >= 15 is 0 Å². The van der Waals surface area contributed by atoms with Gasteiger partial charge in [0.05, 0.1) is 0 Å². The van der Waals surface area contributed by atoms with Crippen LogP contribution in [0.5, 0.6) is 11.5 Å². The summed E-state index contributed by atoms with van der Waals surface area (Å²) in [5.41, 5.74) is 0.390. The number of phosphoric acid groups is 1. The predicted molar refractivity (Wildman–Crippen MR) is 54.9 cm³/mol. The minimum absolute atomic E-state index is 0.0123. The Balaban J connectivity index is 3.18. The van der Waals surface area contributed by atoms with Gasteiger partial charge in [-0.15, -0.1) is 0 Å². The van der Waals surface area contributed by atoms with Crippen molar-refractivity contribution in [3.63, 3.8) is 0 Å². The molecule has 0 aromatic heterocycles. The SMILES string of the molecule is CC(C)c1c(O)cccc1OP(=O)(O)O.